The van der Waals surface area contributed by atoms with Crippen molar-refractivity contribution in [2.45, 2.75) is 30.0 Å². The molecule has 0 aromatic heterocycles. The van der Waals surface area contributed by atoms with Crippen molar-refractivity contribution in [2.24, 2.45) is 5.73 Å². The van der Waals surface area contributed by atoms with Gasteiger partial charge in [-0.1, -0.05) is 15.9 Å². The zero-order valence-electron chi connectivity index (χ0n) is 10.9. The number of hydrogen-bond acceptors (Lipinski definition) is 3. The van der Waals surface area contributed by atoms with Gasteiger partial charge in [-0.3, -0.25) is 0 Å². The molecule has 1 aromatic carbocycles. The van der Waals surface area contributed by atoms with Gasteiger partial charge in [0.1, 0.15) is 0 Å². The number of sulfonamides is 1. The van der Waals surface area contributed by atoms with Crippen molar-refractivity contribution < 1.29 is 21.6 Å². The molecule has 0 amide bonds. The topological polar surface area (TPSA) is 63.4 Å². The first-order chi connectivity index (χ1) is 9.67. The molecule has 4 nitrogen and oxygen atoms in total. The number of nitrogens with zero attached hydrogens (tertiary/aromatic N) is 1. The van der Waals surface area contributed by atoms with Crippen LogP contribution in [0.2, 0.25) is 0 Å². The van der Waals surface area contributed by atoms with Crippen molar-refractivity contribution in [3.8, 4) is 0 Å². The molecular formula is C12H14BrF3N2O2S. The van der Waals surface area contributed by atoms with Gasteiger partial charge in [-0.05, 0) is 31.0 Å². The maximum Gasteiger partial charge on any atom is 0.417 e. The van der Waals surface area contributed by atoms with Crippen LogP contribution in [0.25, 0.3) is 0 Å². The predicted octanol–water partition coefficient (Wildman–Crippen LogP) is 2.58. The van der Waals surface area contributed by atoms with Crippen LogP contribution in [0.15, 0.2) is 27.6 Å². The molecule has 1 aliphatic heterocycles. The first kappa shape index (κ1) is 16.7. The van der Waals surface area contributed by atoms with E-state index in [0.29, 0.717) is 12.8 Å². The zero-order valence-corrected chi connectivity index (χ0v) is 13.3. The van der Waals surface area contributed by atoms with Gasteiger partial charge in [-0.2, -0.15) is 17.5 Å². The fourth-order valence-corrected chi connectivity index (χ4v) is 4.70. The standard InChI is InChI=1S/C12H14BrF3N2O2S/c13-8-3-4-11(10(6-8)12(14,15)16)21(19,20)18-5-1-2-9(18)7-17/h3-4,6,9H,1-2,5,7,17H2. The number of rotatable bonds is 3. The van der Waals surface area contributed by atoms with Crippen LogP contribution in [-0.2, 0) is 16.2 Å². The van der Waals surface area contributed by atoms with Crippen LogP contribution >= 0.6 is 15.9 Å². The molecule has 1 aliphatic rings. The number of hydrogen-bond donors (Lipinski definition) is 1. The Morgan fingerprint density at radius 3 is 2.62 bits per heavy atom. The number of alkyl halides is 3. The summed E-state index contributed by atoms with van der Waals surface area (Å²) in [5, 5.41) is 0. The van der Waals surface area contributed by atoms with Crippen LogP contribution in [0.5, 0.6) is 0 Å². The summed E-state index contributed by atoms with van der Waals surface area (Å²) in [6, 6.07) is 2.60. The SMILES string of the molecule is NCC1CCCN1S(=O)(=O)c1ccc(Br)cc1C(F)(F)F. The molecule has 0 aliphatic carbocycles. The third kappa shape index (κ3) is 3.25. The monoisotopic (exact) mass is 386 g/mol. The van der Waals surface area contributed by atoms with Crippen molar-refractivity contribution in [1.29, 1.82) is 0 Å². The van der Waals surface area contributed by atoms with E-state index in [2.05, 4.69) is 15.9 Å². The van der Waals surface area contributed by atoms with Gasteiger partial charge in [0.2, 0.25) is 10.0 Å². The Hall–Kier alpha value is -0.640. The largest absolute Gasteiger partial charge is 0.417 e. The lowest BCUT2D eigenvalue weighted by atomic mass is 10.2. The van der Waals surface area contributed by atoms with Crippen LogP contribution in [0.1, 0.15) is 18.4 Å². The minimum atomic E-state index is -4.75. The normalized spacial score (nSPS) is 20.9. The molecule has 1 heterocycles. The molecular weight excluding hydrogens is 373 g/mol. The van der Waals surface area contributed by atoms with Crippen molar-refractivity contribution in [1.82, 2.24) is 4.31 Å². The van der Waals surface area contributed by atoms with Crippen LogP contribution in [-0.4, -0.2) is 31.9 Å². The third-order valence-corrected chi connectivity index (χ3v) is 5.93. The minimum absolute atomic E-state index is 0.0944. The van der Waals surface area contributed by atoms with Crippen LogP contribution in [0.3, 0.4) is 0 Å². The molecule has 1 aromatic rings. The first-order valence-corrected chi connectivity index (χ1v) is 8.50. The molecule has 9 heteroatoms. The van der Waals surface area contributed by atoms with Crippen molar-refractivity contribution >= 4 is 26.0 Å². The smallest absolute Gasteiger partial charge is 0.329 e. The second-order valence-electron chi connectivity index (χ2n) is 4.79. The summed E-state index contributed by atoms with van der Waals surface area (Å²) in [6.45, 7) is 0.286. The van der Waals surface area contributed by atoms with E-state index in [1.165, 1.54) is 6.07 Å². The van der Waals surface area contributed by atoms with E-state index < -0.39 is 32.7 Å². The van der Waals surface area contributed by atoms with E-state index in [0.717, 1.165) is 16.4 Å². The van der Waals surface area contributed by atoms with Crippen LogP contribution in [0, 0.1) is 0 Å². The highest BCUT2D eigenvalue weighted by molar-refractivity contribution is 9.10. The lowest BCUT2D eigenvalue weighted by Crippen LogP contribution is -2.40. The highest BCUT2D eigenvalue weighted by Gasteiger charge is 2.41. The molecule has 21 heavy (non-hydrogen) atoms. The van der Waals surface area contributed by atoms with Gasteiger partial charge in [0.05, 0.1) is 10.5 Å². The third-order valence-electron chi connectivity index (χ3n) is 3.43. The summed E-state index contributed by atoms with van der Waals surface area (Å²) in [5.41, 5.74) is 4.34. The minimum Gasteiger partial charge on any atom is -0.329 e. The molecule has 1 fully saturated rings. The maximum absolute atomic E-state index is 13.1. The van der Waals surface area contributed by atoms with Gasteiger partial charge < -0.3 is 5.73 Å². The van der Waals surface area contributed by atoms with Crippen LogP contribution < -0.4 is 5.73 Å². The Labute approximate surface area is 129 Å². The summed E-state index contributed by atoms with van der Waals surface area (Å²) in [4.78, 5) is -0.724. The summed E-state index contributed by atoms with van der Waals surface area (Å²) >= 11 is 2.94. The van der Waals surface area contributed by atoms with Gasteiger partial charge in [0.25, 0.3) is 0 Å². The average Bonchev–Trinajstić information content (AvgIpc) is 2.86. The molecule has 0 radical (unpaired) electrons. The van der Waals surface area contributed by atoms with E-state index in [1.54, 1.807) is 0 Å². The molecule has 0 saturated carbocycles. The van der Waals surface area contributed by atoms with Crippen molar-refractivity contribution in [3.05, 3.63) is 28.2 Å². The lowest BCUT2D eigenvalue weighted by molar-refractivity contribution is -0.140. The van der Waals surface area contributed by atoms with E-state index in [4.69, 9.17) is 5.73 Å². The molecule has 1 saturated heterocycles. The quantitative estimate of drug-likeness (QED) is 0.867. The average molecular weight is 387 g/mol. The molecule has 0 spiro atoms. The summed E-state index contributed by atoms with van der Waals surface area (Å²) in [7, 11) is -4.22. The zero-order chi connectivity index (χ0) is 15.8. The highest BCUT2D eigenvalue weighted by atomic mass is 79.9. The Balaban J connectivity index is 2.55. The van der Waals surface area contributed by atoms with E-state index in [-0.39, 0.29) is 17.6 Å². The molecule has 1 unspecified atom stereocenters. The summed E-state index contributed by atoms with van der Waals surface area (Å²) in [6.07, 6.45) is -3.59. The number of benzene rings is 1. The summed E-state index contributed by atoms with van der Waals surface area (Å²) in [5.74, 6) is 0. The molecule has 118 valence electrons. The van der Waals surface area contributed by atoms with E-state index in [1.807, 2.05) is 0 Å². The summed E-state index contributed by atoms with van der Waals surface area (Å²) < 4.78 is 65.6. The number of nitrogens with two attached hydrogens (primary N) is 1. The molecule has 2 N–H and O–H groups in total. The van der Waals surface area contributed by atoms with Crippen molar-refractivity contribution in [3.63, 3.8) is 0 Å². The van der Waals surface area contributed by atoms with Gasteiger partial charge in [-0.25, -0.2) is 8.42 Å². The Morgan fingerprint density at radius 1 is 1.38 bits per heavy atom. The molecule has 0 bridgehead atoms. The van der Waals surface area contributed by atoms with E-state index in [9.17, 15) is 21.6 Å². The van der Waals surface area contributed by atoms with Gasteiger partial charge >= 0.3 is 6.18 Å². The highest BCUT2D eigenvalue weighted by Crippen LogP contribution is 2.38. The van der Waals surface area contributed by atoms with Crippen molar-refractivity contribution in [2.75, 3.05) is 13.1 Å². The fraction of sp³-hybridized carbons (Fsp3) is 0.500. The maximum atomic E-state index is 13.1. The fourth-order valence-electron chi connectivity index (χ4n) is 2.44. The predicted molar refractivity (Wildman–Crippen MR) is 75.1 cm³/mol. The first-order valence-electron chi connectivity index (χ1n) is 6.26. The van der Waals surface area contributed by atoms with Gasteiger partial charge in [0, 0.05) is 23.6 Å². The Morgan fingerprint density at radius 2 is 2.05 bits per heavy atom. The second kappa shape index (κ2) is 5.86. The Bertz CT molecular complexity index is 634. The lowest BCUT2D eigenvalue weighted by Gasteiger charge is -2.24. The van der Waals surface area contributed by atoms with Gasteiger partial charge in [-0.15, -0.1) is 0 Å². The molecule has 1 atom stereocenters. The molecule has 2 rings (SSSR count). The second-order valence-corrected chi connectivity index (χ2v) is 7.56. The van der Waals surface area contributed by atoms with Gasteiger partial charge in [0.15, 0.2) is 0 Å². The number of halogens is 4. The van der Waals surface area contributed by atoms with E-state index >= 15 is 0 Å². The Kier molecular flexibility index (Phi) is 4.67. The van der Waals surface area contributed by atoms with Crippen LogP contribution in [0.4, 0.5) is 13.2 Å².